The number of carbonyl (C=O) groups is 2. The first-order chi connectivity index (χ1) is 18.5. The van der Waals surface area contributed by atoms with Crippen LogP contribution in [0.4, 0.5) is 0 Å². The number of esters is 2. The molecule has 40 heavy (non-hydrogen) atoms. The summed E-state index contributed by atoms with van der Waals surface area (Å²) in [5, 5.41) is 8.50. The normalized spacial score (nSPS) is 28.3. The Bertz CT molecular complexity index is 1010. The van der Waals surface area contributed by atoms with Crippen molar-refractivity contribution in [3.8, 4) is 0 Å². The van der Waals surface area contributed by atoms with Gasteiger partial charge in [0.1, 0.15) is 12.2 Å². The third kappa shape index (κ3) is 8.86. The Morgan fingerprint density at radius 1 is 0.775 bits per heavy atom. The average Bonchev–Trinajstić information content (AvgIpc) is 2.79. The molecule has 3 fully saturated rings. The molecule has 0 spiro atoms. The van der Waals surface area contributed by atoms with Crippen molar-refractivity contribution >= 4 is 26.6 Å². The van der Waals surface area contributed by atoms with Crippen molar-refractivity contribution < 1.29 is 28.5 Å². The second-order valence-corrected chi connectivity index (χ2v) is 16.7. The van der Waals surface area contributed by atoms with Gasteiger partial charge in [-0.15, -0.1) is 0 Å². The molecular formula is C31H50N2O6Si. The molecule has 0 aliphatic carbocycles. The Morgan fingerprint density at radius 3 is 1.70 bits per heavy atom. The Morgan fingerprint density at radius 2 is 1.23 bits per heavy atom. The highest BCUT2D eigenvalue weighted by Gasteiger charge is 2.41. The largest absolute Gasteiger partial charge is 0.459 e. The van der Waals surface area contributed by atoms with Crippen LogP contribution >= 0.6 is 0 Å². The van der Waals surface area contributed by atoms with Gasteiger partial charge in [-0.1, -0.05) is 23.4 Å². The van der Waals surface area contributed by atoms with E-state index in [2.05, 4.69) is 66.0 Å². The summed E-state index contributed by atoms with van der Waals surface area (Å²) in [6.07, 6.45) is 1.91. The SMILES string of the molecule is CC1(C)CC(OC(=O)c2ccc([SiH2]CC3COC(C(=O)OC4CC(C)(C)NC(C)(C)C4)OC3)cc2)CC(C)(C)N1. The van der Waals surface area contributed by atoms with Crippen LogP contribution in [0.25, 0.3) is 0 Å². The zero-order valence-corrected chi connectivity index (χ0v) is 27.1. The van der Waals surface area contributed by atoms with E-state index in [9.17, 15) is 9.59 Å². The minimum absolute atomic E-state index is 0.0729. The van der Waals surface area contributed by atoms with E-state index in [0.29, 0.717) is 18.8 Å². The van der Waals surface area contributed by atoms with Gasteiger partial charge in [-0.05, 0) is 67.5 Å². The maximum atomic E-state index is 12.8. The van der Waals surface area contributed by atoms with Gasteiger partial charge in [0.25, 0.3) is 6.29 Å². The van der Waals surface area contributed by atoms with Gasteiger partial charge in [-0.3, -0.25) is 0 Å². The van der Waals surface area contributed by atoms with Crippen LogP contribution in [0.2, 0.25) is 6.04 Å². The highest BCUT2D eigenvalue weighted by atomic mass is 28.2. The third-order valence-corrected chi connectivity index (χ3v) is 10.2. The Labute approximate surface area is 242 Å². The van der Waals surface area contributed by atoms with Crippen LogP contribution in [0.3, 0.4) is 0 Å². The van der Waals surface area contributed by atoms with Crippen molar-refractivity contribution in [1.29, 1.82) is 0 Å². The molecule has 0 unspecified atom stereocenters. The molecule has 0 atom stereocenters. The van der Waals surface area contributed by atoms with Crippen molar-refractivity contribution in [2.45, 2.75) is 128 Å². The first-order valence-corrected chi connectivity index (χ1v) is 16.5. The summed E-state index contributed by atoms with van der Waals surface area (Å²) in [6, 6.07) is 8.86. The van der Waals surface area contributed by atoms with Gasteiger partial charge in [-0.25, -0.2) is 9.59 Å². The van der Waals surface area contributed by atoms with Crippen molar-refractivity contribution in [2.24, 2.45) is 5.92 Å². The average molecular weight is 575 g/mol. The van der Waals surface area contributed by atoms with E-state index in [1.807, 2.05) is 24.3 Å². The summed E-state index contributed by atoms with van der Waals surface area (Å²) < 4.78 is 23.3. The minimum Gasteiger partial charge on any atom is -0.459 e. The van der Waals surface area contributed by atoms with Crippen LogP contribution in [0.15, 0.2) is 24.3 Å². The smallest absolute Gasteiger partial charge is 0.363 e. The number of benzene rings is 1. The summed E-state index contributed by atoms with van der Waals surface area (Å²) in [4.78, 5) is 25.5. The highest BCUT2D eigenvalue weighted by molar-refractivity contribution is 6.53. The van der Waals surface area contributed by atoms with E-state index in [0.717, 1.165) is 31.7 Å². The first kappa shape index (κ1) is 31.2. The molecule has 0 saturated carbocycles. The Hall–Kier alpha value is -1.78. The summed E-state index contributed by atoms with van der Waals surface area (Å²) >= 11 is 0. The van der Waals surface area contributed by atoms with E-state index in [1.165, 1.54) is 5.19 Å². The van der Waals surface area contributed by atoms with Crippen LogP contribution in [0, 0.1) is 5.92 Å². The summed E-state index contributed by atoms with van der Waals surface area (Å²) in [5.74, 6) is -0.424. The van der Waals surface area contributed by atoms with E-state index < -0.39 is 21.8 Å². The lowest BCUT2D eigenvalue weighted by Crippen LogP contribution is -2.60. The molecule has 3 aliphatic heterocycles. The lowest BCUT2D eigenvalue weighted by atomic mass is 9.81. The van der Waals surface area contributed by atoms with Crippen molar-refractivity contribution in [1.82, 2.24) is 10.6 Å². The third-order valence-electron chi connectivity index (χ3n) is 8.05. The number of rotatable bonds is 7. The fraction of sp³-hybridized carbons (Fsp3) is 0.742. The standard InChI is InChI=1S/C31H50N2O6Si/c1-28(2)13-22(14-29(3,4)32-28)38-25(34)21-9-11-24(12-10-21)40-19-20-17-36-27(37-18-20)26(35)39-23-15-30(5,6)33-31(7,8)16-23/h9-12,20,22-23,27,32-33H,13-19,40H2,1-8H3. The molecule has 9 heteroatoms. The summed E-state index contributed by atoms with van der Waals surface area (Å²) in [7, 11) is -0.578. The molecule has 0 bridgehead atoms. The molecule has 2 N–H and O–H groups in total. The van der Waals surface area contributed by atoms with Crippen molar-refractivity contribution in [3.05, 3.63) is 29.8 Å². The molecule has 1 aromatic carbocycles. The summed E-state index contributed by atoms with van der Waals surface area (Å²) in [6.45, 7) is 18.1. The zero-order chi connectivity index (χ0) is 29.3. The molecule has 0 radical (unpaired) electrons. The van der Waals surface area contributed by atoms with Crippen LogP contribution in [-0.4, -0.2) is 75.3 Å². The molecule has 0 aromatic heterocycles. The molecule has 8 nitrogen and oxygen atoms in total. The minimum atomic E-state index is -0.944. The number of carbonyl (C=O) groups excluding carboxylic acids is 2. The molecule has 4 rings (SSSR count). The second-order valence-electron chi connectivity index (χ2n) is 14.8. The maximum Gasteiger partial charge on any atom is 0.363 e. The second kappa shape index (κ2) is 11.8. The van der Waals surface area contributed by atoms with Gasteiger partial charge in [0.15, 0.2) is 0 Å². The molecule has 3 aliphatic rings. The quantitative estimate of drug-likeness (QED) is 0.379. The lowest BCUT2D eigenvalue weighted by Gasteiger charge is -2.46. The van der Waals surface area contributed by atoms with E-state index in [-0.39, 0.29) is 46.3 Å². The number of piperidine rings is 2. The van der Waals surface area contributed by atoms with Gasteiger partial charge < -0.3 is 29.6 Å². The van der Waals surface area contributed by atoms with Gasteiger partial charge in [0.2, 0.25) is 0 Å². The fourth-order valence-electron chi connectivity index (χ4n) is 7.09. The maximum absolute atomic E-state index is 12.8. The Kier molecular flexibility index (Phi) is 9.22. The van der Waals surface area contributed by atoms with E-state index in [1.54, 1.807) is 0 Å². The van der Waals surface area contributed by atoms with Crippen molar-refractivity contribution in [3.63, 3.8) is 0 Å². The molecule has 3 heterocycles. The molecule has 0 amide bonds. The highest BCUT2D eigenvalue weighted by Crippen LogP contribution is 2.32. The number of hydrogen-bond acceptors (Lipinski definition) is 8. The van der Waals surface area contributed by atoms with Crippen LogP contribution in [0.1, 0.15) is 91.4 Å². The first-order valence-electron chi connectivity index (χ1n) is 14.8. The molecule has 224 valence electrons. The number of nitrogens with one attached hydrogen (secondary N) is 2. The van der Waals surface area contributed by atoms with Gasteiger partial charge in [0, 0.05) is 53.8 Å². The van der Waals surface area contributed by atoms with Gasteiger partial charge in [-0.2, -0.15) is 0 Å². The predicted octanol–water partition coefficient (Wildman–Crippen LogP) is 3.21. The zero-order valence-electron chi connectivity index (χ0n) is 25.7. The van der Waals surface area contributed by atoms with E-state index in [4.69, 9.17) is 18.9 Å². The van der Waals surface area contributed by atoms with Crippen molar-refractivity contribution in [2.75, 3.05) is 13.2 Å². The van der Waals surface area contributed by atoms with Gasteiger partial charge >= 0.3 is 11.9 Å². The fourth-order valence-corrected chi connectivity index (χ4v) is 8.73. The summed E-state index contributed by atoms with van der Waals surface area (Å²) in [5.41, 5.74) is 0.249. The molecular weight excluding hydrogens is 524 g/mol. The monoisotopic (exact) mass is 574 g/mol. The van der Waals surface area contributed by atoms with Crippen LogP contribution in [0.5, 0.6) is 0 Å². The molecule has 3 saturated heterocycles. The van der Waals surface area contributed by atoms with Crippen LogP contribution in [-0.2, 0) is 23.7 Å². The number of hydrogen-bond donors (Lipinski definition) is 2. The number of ether oxygens (including phenoxy) is 4. The molecule has 1 aromatic rings. The van der Waals surface area contributed by atoms with Crippen LogP contribution < -0.4 is 15.8 Å². The van der Waals surface area contributed by atoms with E-state index >= 15 is 0 Å². The predicted molar refractivity (Wildman–Crippen MR) is 159 cm³/mol. The van der Waals surface area contributed by atoms with Gasteiger partial charge in [0.05, 0.1) is 28.3 Å². The lowest BCUT2D eigenvalue weighted by molar-refractivity contribution is -0.225. The Balaban J connectivity index is 1.19. The topological polar surface area (TPSA) is 95.1 Å².